The molecule has 0 spiro atoms. The van der Waals surface area contributed by atoms with Crippen LogP contribution in [0.3, 0.4) is 0 Å². The van der Waals surface area contributed by atoms with Crippen LogP contribution in [-0.4, -0.2) is 21.8 Å². The van der Waals surface area contributed by atoms with Crippen LogP contribution in [-0.2, 0) is 0 Å². The molecule has 3 rings (SSSR count). The van der Waals surface area contributed by atoms with E-state index in [1.54, 1.807) is 10.7 Å². The average Bonchev–Trinajstić information content (AvgIpc) is 3.04. The molecule has 0 aliphatic carbocycles. The molecule has 0 fully saturated rings. The Labute approximate surface area is 160 Å². The molecule has 1 N–H and O–H groups in total. The van der Waals surface area contributed by atoms with Crippen molar-refractivity contribution in [1.29, 1.82) is 0 Å². The van der Waals surface area contributed by atoms with Gasteiger partial charge in [0, 0.05) is 5.69 Å². The Morgan fingerprint density at radius 1 is 1.04 bits per heavy atom. The average molecular weight is 363 g/mol. The molecule has 0 radical (unpaired) electrons. The van der Waals surface area contributed by atoms with E-state index in [0.29, 0.717) is 5.69 Å². The fourth-order valence-electron chi connectivity index (χ4n) is 2.88. The van der Waals surface area contributed by atoms with E-state index in [2.05, 4.69) is 10.4 Å². The summed E-state index contributed by atoms with van der Waals surface area (Å²) in [5, 5.41) is 7.47. The van der Waals surface area contributed by atoms with Crippen LogP contribution in [0.4, 0.5) is 0 Å². The van der Waals surface area contributed by atoms with Gasteiger partial charge in [0.25, 0.3) is 5.91 Å². The second-order valence-electron chi connectivity index (χ2n) is 6.85. The van der Waals surface area contributed by atoms with Gasteiger partial charge in [-0.3, -0.25) is 4.79 Å². The highest BCUT2D eigenvalue weighted by atomic mass is 16.5. The highest BCUT2D eigenvalue weighted by molar-refractivity contribution is 5.92. The molecule has 1 unspecified atom stereocenters. The van der Waals surface area contributed by atoms with Crippen LogP contribution in [0, 0.1) is 6.92 Å². The van der Waals surface area contributed by atoms with Gasteiger partial charge in [0.15, 0.2) is 5.69 Å². The van der Waals surface area contributed by atoms with Crippen LogP contribution in [0.25, 0.3) is 5.69 Å². The van der Waals surface area contributed by atoms with Crippen LogP contribution in [0.2, 0.25) is 0 Å². The van der Waals surface area contributed by atoms with E-state index in [-0.39, 0.29) is 18.1 Å². The Morgan fingerprint density at radius 3 is 2.33 bits per heavy atom. The maximum Gasteiger partial charge on any atom is 0.272 e. The Kier molecular flexibility index (Phi) is 5.60. The lowest BCUT2D eigenvalue weighted by atomic mass is 10.1. The third-order valence-electron chi connectivity index (χ3n) is 4.22. The van der Waals surface area contributed by atoms with E-state index < -0.39 is 0 Å². The van der Waals surface area contributed by atoms with Crippen molar-refractivity contribution in [1.82, 2.24) is 15.1 Å². The number of ether oxygens (including phenoxy) is 1. The largest absolute Gasteiger partial charge is 0.491 e. The summed E-state index contributed by atoms with van der Waals surface area (Å²) in [6.07, 6.45) is 0.135. The standard InChI is InChI=1S/C22H25N3O2/c1-15(2)27-20-12-10-18(11-13-20)17(4)23-22(26)21-14-16(3)25(24-21)19-8-6-5-7-9-19/h5-15,17H,1-4H3,(H,23,26). The quantitative estimate of drug-likeness (QED) is 0.703. The summed E-state index contributed by atoms with van der Waals surface area (Å²) in [5.74, 6) is 0.632. The topological polar surface area (TPSA) is 56.1 Å². The SMILES string of the molecule is Cc1cc(C(=O)NC(C)c2ccc(OC(C)C)cc2)nn1-c1ccccc1. The van der Waals surface area contributed by atoms with Gasteiger partial charge >= 0.3 is 0 Å². The first-order chi connectivity index (χ1) is 12.9. The van der Waals surface area contributed by atoms with Gasteiger partial charge in [-0.1, -0.05) is 30.3 Å². The zero-order valence-electron chi connectivity index (χ0n) is 16.1. The Hall–Kier alpha value is -3.08. The molecule has 2 aromatic carbocycles. The van der Waals surface area contributed by atoms with Crippen molar-refractivity contribution in [2.24, 2.45) is 0 Å². The van der Waals surface area contributed by atoms with Gasteiger partial charge in [-0.2, -0.15) is 5.10 Å². The molecule has 5 nitrogen and oxygen atoms in total. The van der Waals surface area contributed by atoms with Crippen LogP contribution in [0.5, 0.6) is 5.75 Å². The number of hydrogen-bond donors (Lipinski definition) is 1. The number of para-hydroxylation sites is 1. The number of carbonyl (C=O) groups excluding carboxylic acids is 1. The summed E-state index contributed by atoms with van der Waals surface area (Å²) >= 11 is 0. The zero-order valence-corrected chi connectivity index (χ0v) is 16.1. The highest BCUT2D eigenvalue weighted by Crippen LogP contribution is 2.19. The molecule has 0 saturated heterocycles. The lowest BCUT2D eigenvalue weighted by Crippen LogP contribution is -2.27. The number of aromatic nitrogens is 2. The van der Waals surface area contributed by atoms with Crippen molar-refractivity contribution in [2.75, 3.05) is 0 Å². The molecule has 0 saturated carbocycles. The maximum absolute atomic E-state index is 12.6. The van der Waals surface area contributed by atoms with Crippen molar-refractivity contribution < 1.29 is 9.53 Å². The normalized spacial score (nSPS) is 12.0. The van der Waals surface area contributed by atoms with E-state index in [0.717, 1.165) is 22.7 Å². The zero-order chi connectivity index (χ0) is 19.4. The van der Waals surface area contributed by atoms with E-state index in [1.165, 1.54) is 0 Å². The number of amides is 1. The third-order valence-corrected chi connectivity index (χ3v) is 4.22. The Balaban J connectivity index is 1.70. The molecule has 0 aliphatic rings. The molecule has 140 valence electrons. The molecule has 27 heavy (non-hydrogen) atoms. The van der Waals surface area contributed by atoms with Crippen molar-refractivity contribution in [2.45, 2.75) is 39.8 Å². The van der Waals surface area contributed by atoms with Gasteiger partial charge in [-0.25, -0.2) is 4.68 Å². The molecule has 1 atom stereocenters. The number of nitrogens with one attached hydrogen (secondary N) is 1. The predicted molar refractivity (Wildman–Crippen MR) is 106 cm³/mol. The van der Waals surface area contributed by atoms with Gasteiger partial charge in [0.1, 0.15) is 5.75 Å². The Morgan fingerprint density at radius 2 is 1.70 bits per heavy atom. The number of nitrogens with zero attached hydrogens (tertiary/aromatic N) is 2. The van der Waals surface area contributed by atoms with Gasteiger partial charge in [-0.15, -0.1) is 0 Å². The fourth-order valence-corrected chi connectivity index (χ4v) is 2.88. The summed E-state index contributed by atoms with van der Waals surface area (Å²) in [7, 11) is 0. The van der Waals surface area contributed by atoms with E-state index >= 15 is 0 Å². The van der Waals surface area contributed by atoms with Gasteiger partial charge in [0.2, 0.25) is 0 Å². The first-order valence-corrected chi connectivity index (χ1v) is 9.13. The Bertz CT molecular complexity index is 899. The summed E-state index contributed by atoms with van der Waals surface area (Å²) < 4.78 is 7.43. The third kappa shape index (κ3) is 4.56. The van der Waals surface area contributed by atoms with Crippen molar-refractivity contribution in [3.05, 3.63) is 77.6 Å². The molecule has 5 heteroatoms. The molecule has 1 aromatic heterocycles. The number of carbonyl (C=O) groups is 1. The van der Waals surface area contributed by atoms with Gasteiger partial charge in [-0.05, 0) is 63.6 Å². The van der Waals surface area contributed by atoms with Crippen molar-refractivity contribution in [3.8, 4) is 11.4 Å². The number of aryl methyl sites for hydroxylation is 1. The maximum atomic E-state index is 12.6. The number of hydrogen-bond acceptors (Lipinski definition) is 3. The molecule has 0 aliphatic heterocycles. The lowest BCUT2D eigenvalue weighted by molar-refractivity contribution is 0.0934. The van der Waals surface area contributed by atoms with Crippen molar-refractivity contribution >= 4 is 5.91 Å². The first-order valence-electron chi connectivity index (χ1n) is 9.13. The summed E-state index contributed by atoms with van der Waals surface area (Å²) in [6.45, 7) is 7.88. The molecule has 3 aromatic rings. The first kappa shape index (κ1) is 18.7. The minimum atomic E-state index is -0.192. The van der Waals surface area contributed by atoms with Gasteiger partial charge in [0.05, 0.1) is 17.8 Å². The minimum Gasteiger partial charge on any atom is -0.491 e. The van der Waals surface area contributed by atoms with Crippen LogP contribution in [0.1, 0.15) is 48.6 Å². The minimum absolute atomic E-state index is 0.132. The summed E-state index contributed by atoms with van der Waals surface area (Å²) in [6, 6.07) is 19.2. The molecule has 1 heterocycles. The molecular weight excluding hydrogens is 338 g/mol. The highest BCUT2D eigenvalue weighted by Gasteiger charge is 2.16. The van der Waals surface area contributed by atoms with Gasteiger partial charge < -0.3 is 10.1 Å². The van der Waals surface area contributed by atoms with E-state index in [1.807, 2.05) is 82.3 Å². The number of benzene rings is 2. The summed E-state index contributed by atoms with van der Waals surface area (Å²) in [5.41, 5.74) is 3.26. The second kappa shape index (κ2) is 8.08. The predicted octanol–water partition coefficient (Wildman–Crippen LogP) is 4.46. The molecule has 0 bridgehead atoms. The molecular formula is C22H25N3O2. The second-order valence-corrected chi connectivity index (χ2v) is 6.85. The van der Waals surface area contributed by atoms with E-state index in [9.17, 15) is 4.79 Å². The van der Waals surface area contributed by atoms with Crippen LogP contribution < -0.4 is 10.1 Å². The smallest absolute Gasteiger partial charge is 0.272 e. The molecule has 1 amide bonds. The van der Waals surface area contributed by atoms with E-state index in [4.69, 9.17) is 4.74 Å². The lowest BCUT2D eigenvalue weighted by Gasteiger charge is -2.15. The fraction of sp³-hybridized carbons (Fsp3) is 0.273. The number of rotatable bonds is 6. The monoisotopic (exact) mass is 363 g/mol. The summed E-state index contributed by atoms with van der Waals surface area (Å²) in [4.78, 5) is 12.6. The van der Waals surface area contributed by atoms with Crippen molar-refractivity contribution in [3.63, 3.8) is 0 Å². The van der Waals surface area contributed by atoms with Crippen LogP contribution >= 0.6 is 0 Å². The van der Waals surface area contributed by atoms with Crippen LogP contribution in [0.15, 0.2) is 60.7 Å².